The number of carbonyl (C=O) groups is 1. The molecule has 0 radical (unpaired) electrons. The van der Waals surface area contributed by atoms with Gasteiger partial charge in [-0.05, 0) is 36.3 Å². The quantitative estimate of drug-likeness (QED) is 0.830. The summed E-state index contributed by atoms with van der Waals surface area (Å²) in [6, 6.07) is 8.35. The van der Waals surface area contributed by atoms with Crippen molar-refractivity contribution in [1.82, 2.24) is 10.2 Å². The van der Waals surface area contributed by atoms with Crippen LogP contribution in [0.15, 0.2) is 24.3 Å². The van der Waals surface area contributed by atoms with Crippen molar-refractivity contribution in [3.63, 3.8) is 0 Å². The molecule has 144 valence electrons. The van der Waals surface area contributed by atoms with Crippen LogP contribution in [-0.4, -0.2) is 36.0 Å². The first-order chi connectivity index (χ1) is 10.8. The minimum absolute atomic E-state index is 0. The first-order valence-electron chi connectivity index (χ1n) is 8.60. The van der Waals surface area contributed by atoms with E-state index in [1.165, 1.54) is 11.1 Å². The molecule has 2 rings (SSSR count). The molecule has 4 nitrogen and oxygen atoms in total. The maximum absolute atomic E-state index is 12.2. The summed E-state index contributed by atoms with van der Waals surface area (Å²) >= 11 is 0. The fourth-order valence-corrected chi connectivity index (χ4v) is 2.95. The number of likely N-dealkylation sites (tertiary alicyclic amines) is 1. The lowest BCUT2D eigenvalue weighted by Crippen LogP contribution is -2.53. The fourth-order valence-electron chi connectivity index (χ4n) is 2.95. The van der Waals surface area contributed by atoms with Gasteiger partial charge in [0.05, 0.1) is 6.04 Å². The molecule has 0 unspecified atom stereocenters. The van der Waals surface area contributed by atoms with Gasteiger partial charge in [-0.15, -0.1) is 24.8 Å². The maximum atomic E-state index is 12.2. The largest absolute Gasteiger partial charge is 0.352 e. The Hall–Kier alpha value is -0.810. The van der Waals surface area contributed by atoms with Crippen LogP contribution >= 0.6 is 24.8 Å². The van der Waals surface area contributed by atoms with Gasteiger partial charge in [0.25, 0.3) is 0 Å². The summed E-state index contributed by atoms with van der Waals surface area (Å²) in [7, 11) is 0. The van der Waals surface area contributed by atoms with E-state index in [0.29, 0.717) is 0 Å². The van der Waals surface area contributed by atoms with Gasteiger partial charge in [0.15, 0.2) is 0 Å². The highest BCUT2D eigenvalue weighted by Gasteiger charge is 2.29. The second-order valence-electron chi connectivity index (χ2n) is 7.83. The van der Waals surface area contributed by atoms with Crippen LogP contribution in [0.5, 0.6) is 0 Å². The summed E-state index contributed by atoms with van der Waals surface area (Å²) < 4.78 is 0. The Kier molecular flexibility index (Phi) is 10.0. The first kappa shape index (κ1) is 24.2. The number of hydrogen-bond acceptors (Lipinski definition) is 3. The van der Waals surface area contributed by atoms with Gasteiger partial charge in [0.2, 0.25) is 5.91 Å². The number of nitrogens with zero attached hydrogens (tertiary/aromatic N) is 1. The zero-order valence-electron chi connectivity index (χ0n) is 15.7. The van der Waals surface area contributed by atoms with E-state index >= 15 is 0 Å². The Morgan fingerprint density at radius 2 is 1.80 bits per heavy atom. The standard InChI is InChI=1S/C19H31N3O.2ClH/c1-14-7-5-6-8-15(14)13-22-11-9-16(10-12-22)21-18(23)17(20)19(2,3)4;;/h5-8,16-17H,9-13,20H2,1-4H3,(H,21,23);2*1H/t17-;;/m1../s1. The molecular formula is C19H33Cl2N3O. The van der Waals surface area contributed by atoms with E-state index in [9.17, 15) is 4.79 Å². The van der Waals surface area contributed by atoms with Gasteiger partial charge in [-0.25, -0.2) is 0 Å². The Bertz CT molecular complexity index is 538. The monoisotopic (exact) mass is 389 g/mol. The predicted octanol–water partition coefficient (Wildman–Crippen LogP) is 3.29. The second-order valence-corrected chi connectivity index (χ2v) is 7.83. The van der Waals surface area contributed by atoms with E-state index in [-0.39, 0.29) is 42.2 Å². The minimum atomic E-state index is -0.451. The molecule has 1 atom stereocenters. The molecule has 1 aromatic carbocycles. The predicted molar refractivity (Wildman–Crippen MR) is 110 cm³/mol. The number of aryl methyl sites for hydroxylation is 1. The third-order valence-electron chi connectivity index (χ3n) is 4.80. The number of nitrogens with one attached hydrogen (secondary N) is 1. The van der Waals surface area contributed by atoms with Crippen molar-refractivity contribution in [1.29, 1.82) is 0 Å². The first-order valence-corrected chi connectivity index (χ1v) is 8.60. The molecule has 0 aliphatic carbocycles. The summed E-state index contributed by atoms with van der Waals surface area (Å²) in [5, 5.41) is 3.13. The van der Waals surface area contributed by atoms with Gasteiger partial charge >= 0.3 is 0 Å². The number of piperidine rings is 1. The smallest absolute Gasteiger partial charge is 0.237 e. The van der Waals surface area contributed by atoms with Crippen molar-refractivity contribution in [3.05, 3.63) is 35.4 Å². The highest BCUT2D eigenvalue weighted by atomic mass is 35.5. The summed E-state index contributed by atoms with van der Waals surface area (Å²) in [6.45, 7) is 11.2. The normalized spacial score (nSPS) is 17.2. The van der Waals surface area contributed by atoms with Crippen molar-refractivity contribution in [2.75, 3.05) is 13.1 Å². The summed E-state index contributed by atoms with van der Waals surface area (Å²) in [5.74, 6) is -0.0187. The molecule has 25 heavy (non-hydrogen) atoms. The van der Waals surface area contributed by atoms with Crippen LogP contribution in [0.3, 0.4) is 0 Å². The molecule has 0 spiro atoms. The van der Waals surface area contributed by atoms with Crippen molar-refractivity contribution >= 4 is 30.7 Å². The third kappa shape index (κ3) is 7.14. The van der Waals surface area contributed by atoms with Crippen LogP contribution in [0.4, 0.5) is 0 Å². The SMILES string of the molecule is Cc1ccccc1CN1CCC(NC(=O)[C@@H](N)C(C)(C)C)CC1.Cl.Cl. The van der Waals surface area contributed by atoms with Crippen LogP contribution in [0, 0.1) is 12.3 Å². The van der Waals surface area contributed by atoms with E-state index in [4.69, 9.17) is 5.73 Å². The molecule has 0 aromatic heterocycles. The van der Waals surface area contributed by atoms with Crippen molar-refractivity contribution < 1.29 is 4.79 Å². The summed E-state index contributed by atoms with van der Waals surface area (Å²) in [5.41, 5.74) is 8.58. The van der Waals surface area contributed by atoms with E-state index in [2.05, 4.69) is 41.4 Å². The van der Waals surface area contributed by atoms with E-state index in [1.54, 1.807) is 0 Å². The fraction of sp³-hybridized carbons (Fsp3) is 0.632. The van der Waals surface area contributed by atoms with Crippen LogP contribution in [0.25, 0.3) is 0 Å². The lowest BCUT2D eigenvalue weighted by molar-refractivity contribution is -0.125. The number of halogens is 2. The molecule has 0 bridgehead atoms. The summed E-state index contributed by atoms with van der Waals surface area (Å²) in [6.07, 6.45) is 1.99. The van der Waals surface area contributed by atoms with Crippen molar-refractivity contribution in [3.8, 4) is 0 Å². The van der Waals surface area contributed by atoms with Crippen LogP contribution in [0.1, 0.15) is 44.7 Å². The van der Waals surface area contributed by atoms with E-state index < -0.39 is 6.04 Å². The Labute approximate surface area is 164 Å². The van der Waals surface area contributed by atoms with Crippen molar-refractivity contribution in [2.45, 2.75) is 59.2 Å². The van der Waals surface area contributed by atoms with Crippen LogP contribution in [-0.2, 0) is 11.3 Å². The third-order valence-corrected chi connectivity index (χ3v) is 4.80. The molecule has 1 saturated heterocycles. The number of nitrogens with two attached hydrogens (primary N) is 1. The molecule has 1 aliphatic rings. The Morgan fingerprint density at radius 3 is 2.32 bits per heavy atom. The Balaban J connectivity index is 0.00000288. The van der Waals surface area contributed by atoms with Gasteiger partial charge in [-0.1, -0.05) is 45.0 Å². The lowest BCUT2D eigenvalue weighted by Gasteiger charge is -2.34. The zero-order chi connectivity index (χ0) is 17.0. The van der Waals surface area contributed by atoms with E-state index in [0.717, 1.165) is 32.5 Å². The molecular weight excluding hydrogens is 357 g/mol. The van der Waals surface area contributed by atoms with Crippen molar-refractivity contribution in [2.24, 2.45) is 11.1 Å². The van der Waals surface area contributed by atoms with Gasteiger partial charge in [-0.2, -0.15) is 0 Å². The number of carbonyl (C=O) groups excluding carboxylic acids is 1. The molecule has 1 fully saturated rings. The van der Waals surface area contributed by atoms with Gasteiger partial charge in [0, 0.05) is 25.7 Å². The topological polar surface area (TPSA) is 58.4 Å². The minimum Gasteiger partial charge on any atom is -0.352 e. The zero-order valence-corrected chi connectivity index (χ0v) is 17.4. The molecule has 1 aromatic rings. The number of amides is 1. The van der Waals surface area contributed by atoms with Crippen LogP contribution in [0.2, 0.25) is 0 Å². The molecule has 1 aliphatic heterocycles. The van der Waals surface area contributed by atoms with Gasteiger partial charge in [-0.3, -0.25) is 9.69 Å². The molecule has 6 heteroatoms. The second kappa shape index (κ2) is 10.4. The lowest BCUT2D eigenvalue weighted by atomic mass is 9.86. The molecule has 1 heterocycles. The highest BCUT2D eigenvalue weighted by Crippen LogP contribution is 2.19. The highest BCUT2D eigenvalue weighted by molar-refractivity contribution is 5.85. The average molecular weight is 390 g/mol. The number of rotatable bonds is 4. The van der Waals surface area contributed by atoms with Gasteiger partial charge < -0.3 is 11.1 Å². The molecule has 3 N–H and O–H groups in total. The average Bonchev–Trinajstić information content (AvgIpc) is 2.49. The van der Waals surface area contributed by atoms with E-state index in [1.807, 2.05) is 20.8 Å². The Morgan fingerprint density at radius 1 is 1.24 bits per heavy atom. The maximum Gasteiger partial charge on any atom is 0.237 e. The number of hydrogen-bond donors (Lipinski definition) is 2. The molecule has 1 amide bonds. The summed E-state index contributed by atoms with van der Waals surface area (Å²) in [4.78, 5) is 14.7. The number of benzene rings is 1. The van der Waals surface area contributed by atoms with Gasteiger partial charge in [0.1, 0.15) is 0 Å². The molecule has 0 saturated carbocycles. The van der Waals surface area contributed by atoms with Crippen LogP contribution < -0.4 is 11.1 Å².